The molecule has 0 radical (unpaired) electrons. The molecule has 0 bridgehead atoms. The van der Waals surface area contributed by atoms with Gasteiger partial charge in [-0.1, -0.05) is 18.9 Å². The van der Waals surface area contributed by atoms with Crippen LogP contribution in [0.25, 0.3) is 0 Å². The molecule has 3 rings (SSSR count). The molecule has 2 fully saturated rings. The summed E-state index contributed by atoms with van der Waals surface area (Å²) < 4.78 is 46.3. The van der Waals surface area contributed by atoms with E-state index in [2.05, 4.69) is 15.6 Å². The number of guanidine groups is 1. The van der Waals surface area contributed by atoms with Crippen LogP contribution in [-0.2, 0) is 17.5 Å². The molecule has 1 aliphatic heterocycles. The van der Waals surface area contributed by atoms with E-state index < -0.39 is 11.7 Å². The number of hydrogen-bond donors (Lipinski definition) is 2. The fraction of sp³-hybridized carbons (Fsp3) is 0.650. The van der Waals surface area contributed by atoms with Crippen molar-refractivity contribution in [3.8, 4) is 0 Å². The second kappa shape index (κ2) is 9.49. The Labute approximate surface area is 164 Å². The molecule has 1 aromatic rings. The maximum atomic E-state index is 13.7. The molecule has 8 heteroatoms. The third-order valence-electron chi connectivity index (χ3n) is 5.22. The van der Waals surface area contributed by atoms with Gasteiger partial charge in [0.15, 0.2) is 5.96 Å². The Hall–Kier alpha value is -1.96. The quantitative estimate of drug-likeness (QED) is 0.588. The number of benzene rings is 1. The predicted octanol–water partition coefficient (Wildman–Crippen LogP) is 3.54. The van der Waals surface area contributed by atoms with Crippen molar-refractivity contribution in [1.82, 2.24) is 10.6 Å². The highest BCUT2D eigenvalue weighted by Crippen LogP contribution is 2.35. The summed E-state index contributed by atoms with van der Waals surface area (Å²) >= 11 is 0. The van der Waals surface area contributed by atoms with Crippen molar-refractivity contribution >= 4 is 11.6 Å². The van der Waals surface area contributed by atoms with Crippen LogP contribution in [-0.4, -0.2) is 44.8 Å². The maximum absolute atomic E-state index is 13.7. The topological polar surface area (TPSA) is 48.9 Å². The Kier molecular flexibility index (Phi) is 7.04. The Morgan fingerprint density at radius 1 is 1.21 bits per heavy atom. The first-order valence-electron chi connectivity index (χ1n) is 10.0. The minimum atomic E-state index is -4.41. The molecule has 1 heterocycles. The molecule has 0 aromatic heterocycles. The SMILES string of the molecule is CCNC(=NCc1ccc(N2CCOCC2)cc1C(F)(F)F)NC1CCCC1. The van der Waals surface area contributed by atoms with E-state index >= 15 is 0 Å². The summed E-state index contributed by atoms with van der Waals surface area (Å²) in [6, 6.07) is 4.90. The van der Waals surface area contributed by atoms with Crippen molar-refractivity contribution in [2.45, 2.75) is 51.4 Å². The first-order chi connectivity index (χ1) is 13.5. The number of morpholine rings is 1. The smallest absolute Gasteiger partial charge is 0.378 e. The van der Waals surface area contributed by atoms with Gasteiger partial charge in [0.25, 0.3) is 0 Å². The monoisotopic (exact) mass is 398 g/mol. The van der Waals surface area contributed by atoms with Crippen molar-refractivity contribution in [3.05, 3.63) is 29.3 Å². The highest BCUT2D eigenvalue weighted by molar-refractivity contribution is 5.80. The second-order valence-electron chi connectivity index (χ2n) is 7.26. The van der Waals surface area contributed by atoms with E-state index in [0.717, 1.165) is 12.8 Å². The number of nitrogens with one attached hydrogen (secondary N) is 2. The molecule has 2 N–H and O–H groups in total. The number of alkyl halides is 3. The van der Waals surface area contributed by atoms with Gasteiger partial charge in [0.2, 0.25) is 0 Å². The molecule has 28 heavy (non-hydrogen) atoms. The molecule has 1 aliphatic carbocycles. The Balaban J connectivity index is 1.78. The molecule has 156 valence electrons. The summed E-state index contributed by atoms with van der Waals surface area (Å²) in [6.07, 6.45) is 0.0971. The van der Waals surface area contributed by atoms with Gasteiger partial charge in [0.05, 0.1) is 25.3 Å². The minimum absolute atomic E-state index is 0.0136. The molecule has 0 spiro atoms. The summed E-state index contributed by atoms with van der Waals surface area (Å²) in [5.41, 5.74) is 0.157. The molecule has 1 saturated heterocycles. The average molecular weight is 398 g/mol. The number of hydrogen-bond acceptors (Lipinski definition) is 3. The molecule has 2 aliphatic rings. The van der Waals surface area contributed by atoms with E-state index in [-0.39, 0.29) is 12.1 Å². The number of aliphatic imine (C=N–C) groups is 1. The highest BCUT2D eigenvalue weighted by atomic mass is 19.4. The lowest BCUT2D eigenvalue weighted by Crippen LogP contribution is -2.42. The van der Waals surface area contributed by atoms with E-state index in [0.29, 0.717) is 50.5 Å². The zero-order chi connectivity index (χ0) is 20.0. The fourth-order valence-corrected chi connectivity index (χ4v) is 3.73. The van der Waals surface area contributed by atoms with Gasteiger partial charge in [-0.25, -0.2) is 4.99 Å². The zero-order valence-corrected chi connectivity index (χ0v) is 16.3. The first kappa shape index (κ1) is 20.8. The van der Waals surface area contributed by atoms with E-state index in [1.807, 2.05) is 11.8 Å². The summed E-state index contributed by atoms with van der Waals surface area (Å²) in [7, 11) is 0. The van der Waals surface area contributed by atoms with Gasteiger partial charge in [-0.05, 0) is 37.5 Å². The van der Waals surface area contributed by atoms with Gasteiger partial charge in [0, 0.05) is 31.4 Å². The minimum Gasteiger partial charge on any atom is -0.378 e. The third-order valence-corrected chi connectivity index (χ3v) is 5.22. The van der Waals surface area contributed by atoms with Crippen LogP contribution >= 0.6 is 0 Å². The van der Waals surface area contributed by atoms with E-state index in [1.165, 1.54) is 18.9 Å². The number of anilines is 1. The van der Waals surface area contributed by atoms with Crippen molar-refractivity contribution < 1.29 is 17.9 Å². The third kappa shape index (κ3) is 5.53. The maximum Gasteiger partial charge on any atom is 0.416 e. The standard InChI is InChI=1S/C20H29F3N4O/c1-2-24-19(26-16-5-3-4-6-16)25-14-15-7-8-17(13-18(15)20(21,22)23)27-9-11-28-12-10-27/h7-8,13,16H,2-6,9-12,14H2,1H3,(H2,24,25,26). The first-order valence-corrected chi connectivity index (χ1v) is 10.0. The number of halogens is 3. The van der Waals surface area contributed by atoms with Crippen LogP contribution in [0.4, 0.5) is 18.9 Å². The second-order valence-corrected chi connectivity index (χ2v) is 7.26. The van der Waals surface area contributed by atoms with Crippen LogP contribution in [0, 0.1) is 0 Å². The summed E-state index contributed by atoms with van der Waals surface area (Å²) in [6.45, 7) is 4.87. The van der Waals surface area contributed by atoms with Crippen LogP contribution in [0.5, 0.6) is 0 Å². The number of nitrogens with zero attached hydrogens (tertiary/aromatic N) is 2. The molecule has 1 aromatic carbocycles. The Morgan fingerprint density at radius 2 is 1.93 bits per heavy atom. The highest BCUT2D eigenvalue weighted by Gasteiger charge is 2.34. The van der Waals surface area contributed by atoms with E-state index in [4.69, 9.17) is 4.74 Å². The molecule has 0 atom stereocenters. The summed E-state index contributed by atoms with van der Waals surface area (Å²) in [4.78, 5) is 6.35. The van der Waals surface area contributed by atoms with Gasteiger partial charge in [-0.15, -0.1) is 0 Å². The van der Waals surface area contributed by atoms with Crippen LogP contribution in [0.15, 0.2) is 23.2 Å². The van der Waals surface area contributed by atoms with Crippen molar-refractivity contribution in [1.29, 1.82) is 0 Å². The summed E-state index contributed by atoms with van der Waals surface area (Å²) in [5, 5.41) is 6.48. The number of rotatable bonds is 5. The largest absolute Gasteiger partial charge is 0.416 e. The molecule has 1 saturated carbocycles. The lowest BCUT2D eigenvalue weighted by molar-refractivity contribution is -0.138. The lowest BCUT2D eigenvalue weighted by atomic mass is 10.1. The molecule has 5 nitrogen and oxygen atoms in total. The van der Waals surface area contributed by atoms with Gasteiger partial charge in [-0.2, -0.15) is 13.2 Å². The van der Waals surface area contributed by atoms with E-state index in [9.17, 15) is 13.2 Å². The lowest BCUT2D eigenvalue weighted by Gasteiger charge is -2.29. The van der Waals surface area contributed by atoms with Gasteiger partial charge in [-0.3, -0.25) is 0 Å². The summed E-state index contributed by atoms with van der Waals surface area (Å²) in [5.74, 6) is 0.583. The Morgan fingerprint density at radius 3 is 2.57 bits per heavy atom. The molecular formula is C20H29F3N4O. The van der Waals surface area contributed by atoms with Crippen LogP contribution < -0.4 is 15.5 Å². The van der Waals surface area contributed by atoms with E-state index in [1.54, 1.807) is 12.1 Å². The zero-order valence-electron chi connectivity index (χ0n) is 16.3. The van der Waals surface area contributed by atoms with Crippen LogP contribution in [0.1, 0.15) is 43.7 Å². The molecule has 0 unspecified atom stereocenters. The van der Waals surface area contributed by atoms with Crippen molar-refractivity contribution in [3.63, 3.8) is 0 Å². The van der Waals surface area contributed by atoms with Crippen molar-refractivity contribution in [2.24, 2.45) is 4.99 Å². The average Bonchev–Trinajstić information content (AvgIpc) is 3.19. The molecule has 0 amide bonds. The molecular weight excluding hydrogens is 369 g/mol. The van der Waals surface area contributed by atoms with Gasteiger partial charge < -0.3 is 20.3 Å². The van der Waals surface area contributed by atoms with Gasteiger partial charge >= 0.3 is 6.18 Å². The van der Waals surface area contributed by atoms with Crippen LogP contribution in [0.3, 0.4) is 0 Å². The predicted molar refractivity (Wildman–Crippen MR) is 105 cm³/mol. The van der Waals surface area contributed by atoms with Gasteiger partial charge in [0.1, 0.15) is 0 Å². The van der Waals surface area contributed by atoms with Crippen molar-refractivity contribution in [2.75, 3.05) is 37.7 Å². The number of ether oxygens (including phenoxy) is 1. The normalized spacial score (nSPS) is 19.1. The fourth-order valence-electron chi connectivity index (χ4n) is 3.73. The van der Waals surface area contributed by atoms with Crippen LogP contribution in [0.2, 0.25) is 0 Å². The Bertz CT molecular complexity index is 666.